The van der Waals surface area contributed by atoms with E-state index < -0.39 is 6.09 Å². The van der Waals surface area contributed by atoms with Gasteiger partial charge in [0.1, 0.15) is 28.2 Å². The number of nitrogen functional groups attached to an aromatic ring is 1. The Kier molecular flexibility index (Phi) is 3.86. The van der Waals surface area contributed by atoms with Crippen LogP contribution in [0.4, 0.5) is 10.6 Å². The first-order chi connectivity index (χ1) is 12.0. The van der Waals surface area contributed by atoms with Crippen molar-refractivity contribution >= 4 is 45.5 Å². The lowest BCUT2D eigenvalue weighted by atomic mass is 10.1. The summed E-state index contributed by atoms with van der Waals surface area (Å²) in [6.07, 6.45) is 2.74. The van der Waals surface area contributed by atoms with Crippen molar-refractivity contribution in [2.45, 2.75) is 19.5 Å². The van der Waals surface area contributed by atoms with Gasteiger partial charge < -0.3 is 15.7 Å². The number of rotatable bonds is 2. The average Bonchev–Trinajstić information content (AvgIpc) is 2.91. The van der Waals surface area contributed by atoms with Crippen molar-refractivity contribution in [3.05, 3.63) is 33.3 Å². The van der Waals surface area contributed by atoms with E-state index in [0.29, 0.717) is 43.3 Å². The lowest BCUT2D eigenvalue weighted by Gasteiger charge is -2.25. The number of anilines is 1. The Hall–Kier alpha value is -2.57. The number of nitrogens with two attached hydrogens (primary N) is 1. The standard InChI is InChI=1S/C14H13IN8O2/c15-11-10-12(16)18-6-19-13(10)23(21-11)5-9-17-3-7-4-22(14(24)25)2-1-8(7)20-9/h3,6H,1-2,4-5H2,(H,24,25)(H2,16,18,19). The van der Waals surface area contributed by atoms with E-state index in [1.54, 1.807) is 10.9 Å². The van der Waals surface area contributed by atoms with Crippen LogP contribution in [0.25, 0.3) is 11.0 Å². The maximum atomic E-state index is 11.1. The van der Waals surface area contributed by atoms with Gasteiger partial charge in [-0.1, -0.05) is 0 Å². The van der Waals surface area contributed by atoms with Crippen LogP contribution >= 0.6 is 22.6 Å². The Morgan fingerprint density at radius 1 is 1.36 bits per heavy atom. The number of fused-ring (bicyclic) bond motifs is 2. The molecule has 128 valence electrons. The largest absolute Gasteiger partial charge is 0.465 e. The Labute approximate surface area is 155 Å². The van der Waals surface area contributed by atoms with E-state index in [2.05, 4.69) is 47.6 Å². The Bertz CT molecular complexity index is 988. The van der Waals surface area contributed by atoms with Gasteiger partial charge in [-0.25, -0.2) is 29.4 Å². The van der Waals surface area contributed by atoms with Crippen LogP contribution in [0.1, 0.15) is 17.1 Å². The van der Waals surface area contributed by atoms with Gasteiger partial charge >= 0.3 is 6.09 Å². The molecule has 3 aromatic rings. The van der Waals surface area contributed by atoms with Crippen molar-refractivity contribution in [3.8, 4) is 0 Å². The van der Waals surface area contributed by atoms with Crippen molar-refractivity contribution in [3.63, 3.8) is 0 Å². The van der Waals surface area contributed by atoms with Crippen molar-refractivity contribution < 1.29 is 9.90 Å². The molecule has 0 saturated heterocycles. The van der Waals surface area contributed by atoms with E-state index in [1.807, 2.05) is 0 Å². The molecule has 0 saturated carbocycles. The number of carboxylic acid groups (broad SMARTS) is 1. The molecule has 3 N–H and O–H groups in total. The van der Waals surface area contributed by atoms with Crippen molar-refractivity contribution in [1.82, 2.24) is 34.6 Å². The summed E-state index contributed by atoms with van der Waals surface area (Å²) in [4.78, 5) is 29.6. The second-order valence-electron chi connectivity index (χ2n) is 5.62. The van der Waals surface area contributed by atoms with Crippen LogP contribution in [0.5, 0.6) is 0 Å². The molecule has 4 rings (SSSR count). The van der Waals surface area contributed by atoms with Gasteiger partial charge in [-0.3, -0.25) is 0 Å². The SMILES string of the molecule is Nc1ncnc2c1c(I)nn2Cc1ncc2c(n1)CCN(C(=O)O)C2. The number of hydrogen-bond donors (Lipinski definition) is 2. The molecule has 1 aliphatic rings. The number of nitrogens with zero attached hydrogens (tertiary/aromatic N) is 7. The zero-order chi connectivity index (χ0) is 17.6. The fourth-order valence-electron chi connectivity index (χ4n) is 2.83. The average molecular weight is 452 g/mol. The molecule has 1 amide bonds. The molecule has 4 heterocycles. The van der Waals surface area contributed by atoms with Crippen LogP contribution in [0.15, 0.2) is 12.5 Å². The van der Waals surface area contributed by atoms with E-state index in [9.17, 15) is 4.79 Å². The van der Waals surface area contributed by atoms with Crippen LogP contribution in [-0.2, 0) is 19.5 Å². The number of hydrogen-bond acceptors (Lipinski definition) is 7. The first-order valence-electron chi connectivity index (χ1n) is 7.47. The minimum atomic E-state index is -0.926. The van der Waals surface area contributed by atoms with Crippen LogP contribution in [0.3, 0.4) is 0 Å². The van der Waals surface area contributed by atoms with Crippen molar-refractivity contribution in [1.29, 1.82) is 0 Å². The highest BCUT2D eigenvalue weighted by Gasteiger charge is 2.22. The molecule has 1 aliphatic heterocycles. The maximum Gasteiger partial charge on any atom is 0.407 e. The summed E-state index contributed by atoms with van der Waals surface area (Å²) in [5.41, 5.74) is 8.25. The van der Waals surface area contributed by atoms with Crippen LogP contribution in [0.2, 0.25) is 0 Å². The summed E-state index contributed by atoms with van der Waals surface area (Å²) >= 11 is 2.10. The number of aromatic nitrogens is 6. The second kappa shape index (κ2) is 6.06. The highest BCUT2D eigenvalue weighted by Crippen LogP contribution is 2.23. The molecule has 0 fully saturated rings. The lowest BCUT2D eigenvalue weighted by Crippen LogP contribution is -2.35. The quantitative estimate of drug-likeness (QED) is 0.548. The smallest absolute Gasteiger partial charge is 0.407 e. The van der Waals surface area contributed by atoms with Gasteiger partial charge in [0.2, 0.25) is 0 Å². The molecule has 0 radical (unpaired) electrons. The fraction of sp³-hybridized carbons (Fsp3) is 0.286. The van der Waals surface area contributed by atoms with E-state index in [-0.39, 0.29) is 0 Å². The van der Waals surface area contributed by atoms with Gasteiger partial charge in [0.25, 0.3) is 0 Å². The maximum absolute atomic E-state index is 11.1. The number of halogens is 1. The Morgan fingerprint density at radius 2 is 2.20 bits per heavy atom. The predicted molar refractivity (Wildman–Crippen MR) is 95.7 cm³/mol. The fourth-order valence-corrected chi connectivity index (χ4v) is 3.61. The van der Waals surface area contributed by atoms with Gasteiger partial charge in [0.15, 0.2) is 5.65 Å². The molecule has 0 aromatic carbocycles. The number of amides is 1. The molecule has 10 nitrogen and oxygen atoms in total. The Morgan fingerprint density at radius 3 is 3.00 bits per heavy atom. The van der Waals surface area contributed by atoms with Gasteiger partial charge in [-0.05, 0) is 22.6 Å². The van der Waals surface area contributed by atoms with E-state index in [4.69, 9.17) is 10.8 Å². The first kappa shape index (κ1) is 15.9. The molecule has 0 bridgehead atoms. The van der Waals surface area contributed by atoms with Gasteiger partial charge in [0.05, 0.1) is 17.6 Å². The van der Waals surface area contributed by atoms with E-state index in [1.165, 1.54) is 11.2 Å². The van der Waals surface area contributed by atoms with Crippen LogP contribution in [-0.4, -0.2) is 52.4 Å². The molecule has 0 unspecified atom stereocenters. The summed E-state index contributed by atoms with van der Waals surface area (Å²) in [5.74, 6) is 0.987. The predicted octanol–water partition coefficient (Wildman–Crippen LogP) is 0.887. The van der Waals surface area contributed by atoms with Gasteiger partial charge in [0, 0.05) is 24.7 Å². The first-order valence-corrected chi connectivity index (χ1v) is 8.55. The molecule has 3 aromatic heterocycles. The van der Waals surface area contributed by atoms with E-state index in [0.717, 1.165) is 20.3 Å². The summed E-state index contributed by atoms with van der Waals surface area (Å²) < 4.78 is 2.42. The summed E-state index contributed by atoms with van der Waals surface area (Å²) in [6, 6.07) is 0. The summed E-state index contributed by atoms with van der Waals surface area (Å²) in [6.45, 7) is 1.11. The molecule has 0 atom stereocenters. The molecule has 0 spiro atoms. The molecule has 11 heteroatoms. The zero-order valence-electron chi connectivity index (χ0n) is 12.9. The minimum absolute atomic E-state index is 0.317. The Balaban J connectivity index is 1.65. The molecular weight excluding hydrogens is 439 g/mol. The third kappa shape index (κ3) is 2.83. The summed E-state index contributed by atoms with van der Waals surface area (Å²) in [5, 5.41) is 14.3. The van der Waals surface area contributed by atoms with Crippen LogP contribution < -0.4 is 5.73 Å². The highest BCUT2D eigenvalue weighted by atomic mass is 127. The third-order valence-corrected chi connectivity index (χ3v) is 4.82. The lowest BCUT2D eigenvalue weighted by molar-refractivity contribution is 0.139. The van der Waals surface area contributed by atoms with E-state index >= 15 is 0 Å². The number of carbonyl (C=O) groups is 1. The normalized spacial score (nSPS) is 13.9. The van der Waals surface area contributed by atoms with Gasteiger partial charge in [-0.2, -0.15) is 5.10 Å². The van der Waals surface area contributed by atoms with Crippen LogP contribution in [0, 0.1) is 3.70 Å². The van der Waals surface area contributed by atoms with Crippen molar-refractivity contribution in [2.24, 2.45) is 0 Å². The third-order valence-electron chi connectivity index (χ3n) is 4.06. The second-order valence-corrected chi connectivity index (χ2v) is 6.64. The van der Waals surface area contributed by atoms with Crippen molar-refractivity contribution in [2.75, 3.05) is 12.3 Å². The molecular formula is C14H13IN8O2. The topological polar surface area (TPSA) is 136 Å². The molecule has 25 heavy (non-hydrogen) atoms. The monoisotopic (exact) mass is 452 g/mol. The van der Waals surface area contributed by atoms with Gasteiger partial charge in [-0.15, -0.1) is 0 Å². The molecule has 0 aliphatic carbocycles. The summed E-state index contributed by atoms with van der Waals surface area (Å²) in [7, 11) is 0. The minimum Gasteiger partial charge on any atom is -0.465 e. The highest BCUT2D eigenvalue weighted by molar-refractivity contribution is 14.1. The zero-order valence-corrected chi connectivity index (χ0v) is 15.1.